The Morgan fingerprint density at radius 1 is 0.905 bits per heavy atom. The summed E-state index contributed by atoms with van der Waals surface area (Å²) >= 11 is 0. The topological polar surface area (TPSA) is 89.6 Å². The SMILES string of the molecule is CC(C)N.CCCCCCCCCCCCOS(=O)(=O)O. The van der Waals surface area contributed by atoms with Crippen molar-refractivity contribution in [2.24, 2.45) is 5.73 Å². The summed E-state index contributed by atoms with van der Waals surface area (Å²) in [5.41, 5.74) is 5.11. The van der Waals surface area contributed by atoms with E-state index in [0.29, 0.717) is 12.5 Å². The average molecular weight is 326 g/mol. The molecule has 0 saturated carbocycles. The second-order valence-electron chi connectivity index (χ2n) is 5.68. The maximum absolute atomic E-state index is 10.2. The molecular formula is C15H35NO4S. The Morgan fingerprint density at radius 2 is 1.24 bits per heavy atom. The van der Waals surface area contributed by atoms with E-state index in [1.54, 1.807) is 0 Å². The van der Waals surface area contributed by atoms with Crippen LogP contribution in [0.2, 0.25) is 0 Å². The fraction of sp³-hybridized carbons (Fsp3) is 1.00. The van der Waals surface area contributed by atoms with Crippen LogP contribution in [0.25, 0.3) is 0 Å². The lowest BCUT2D eigenvalue weighted by Crippen LogP contribution is -2.06. The predicted octanol–water partition coefficient (Wildman–Crippen LogP) is 4.08. The van der Waals surface area contributed by atoms with Crippen LogP contribution >= 0.6 is 0 Å². The average Bonchev–Trinajstić information content (AvgIpc) is 2.34. The minimum absolute atomic E-state index is 0.0926. The van der Waals surface area contributed by atoms with E-state index in [0.717, 1.165) is 12.8 Å². The largest absolute Gasteiger partial charge is 0.397 e. The quantitative estimate of drug-likeness (QED) is 0.417. The molecule has 0 heterocycles. The molecule has 0 amide bonds. The van der Waals surface area contributed by atoms with Crippen molar-refractivity contribution < 1.29 is 17.2 Å². The highest BCUT2D eigenvalue weighted by atomic mass is 32.3. The molecule has 21 heavy (non-hydrogen) atoms. The van der Waals surface area contributed by atoms with Gasteiger partial charge in [-0.1, -0.05) is 78.6 Å². The zero-order chi connectivity index (χ0) is 16.6. The minimum Gasteiger partial charge on any atom is -0.328 e. The Kier molecular flexibility index (Phi) is 17.8. The molecule has 0 rings (SSSR count). The summed E-state index contributed by atoms with van der Waals surface area (Å²) in [5.74, 6) is 0. The van der Waals surface area contributed by atoms with E-state index in [1.807, 2.05) is 13.8 Å². The van der Waals surface area contributed by atoms with Crippen molar-refractivity contribution in [3.05, 3.63) is 0 Å². The first-order chi connectivity index (χ1) is 9.79. The van der Waals surface area contributed by atoms with Crippen LogP contribution in [0.3, 0.4) is 0 Å². The van der Waals surface area contributed by atoms with Gasteiger partial charge in [0.1, 0.15) is 0 Å². The van der Waals surface area contributed by atoms with Crippen LogP contribution in [0.1, 0.15) is 85.0 Å². The molecule has 0 aromatic rings. The van der Waals surface area contributed by atoms with Crippen LogP contribution in [0.15, 0.2) is 0 Å². The second kappa shape index (κ2) is 16.2. The summed E-state index contributed by atoms with van der Waals surface area (Å²) in [6.07, 6.45) is 11.9. The Hall–Kier alpha value is -0.170. The first kappa shape index (κ1) is 23.1. The van der Waals surface area contributed by atoms with Gasteiger partial charge in [0, 0.05) is 0 Å². The number of unbranched alkanes of at least 4 members (excludes halogenated alkanes) is 9. The summed E-state index contributed by atoms with van der Waals surface area (Å²) < 4.78 is 33.0. The fourth-order valence-corrected chi connectivity index (χ4v) is 2.08. The van der Waals surface area contributed by atoms with E-state index >= 15 is 0 Å². The van der Waals surface area contributed by atoms with Crippen LogP contribution < -0.4 is 5.73 Å². The molecule has 130 valence electrons. The zero-order valence-electron chi connectivity index (χ0n) is 14.0. The van der Waals surface area contributed by atoms with Crippen LogP contribution in [-0.2, 0) is 14.6 Å². The smallest absolute Gasteiger partial charge is 0.328 e. The second-order valence-corrected chi connectivity index (χ2v) is 6.77. The van der Waals surface area contributed by atoms with Crippen molar-refractivity contribution in [1.29, 1.82) is 0 Å². The van der Waals surface area contributed by atoms with E-state index < -0.39 is 10.4 Å². The lowest BCUT2D eigenvalue weighted by molar-refractivity contribution is 0.261. The molecule has 0 aliphatic heterocycles. The van der Waals surface area contributed by atoms with Gasteiger partial charge in [0.15, 0.2) is 0 Å². The third-order valence-electron chi connectivity index (χ3n) is 2.73. The summed E-state index contributed by atoms with van der Waals surface area (Å²) in [7, 11) is -4.23. The molecule has 0 aliphatic carbocycles. The van der Waals surface area contributed by atoms with Gasteiger partial charge in [0.2, 0.25) is 0 Å². The van der Waals surface area contributed by atoms with Crippen molar-refractivity contribution >= 4 is 10.4 Å². The third-order valence-corrected chi connectivity index (χ3v) is 3.19. The van der Waals surface area contributed by atoms with Gasteiger partial charge in [-0.3, -0.25) is 4.55 Å². The van der Waals surface area contributed by atoms with Gasteiger partial charge < -0.3 is 5.73 Å². The summed E-state index contributed by atoms with van der Waals surface area (Å²) in [6.45, 7) is 6.20. The highest BCUT2D eigenvalue weighted by Gasteiger charge is 2.02. The minimum atomic E-state index is -4.23. The lowest BCUT2D eigenvalue weighted by atomic mass is 10.1. The van der Waals surface area contributed by atoms with E-state index in [1.165, 1.54) is 44.9 Å². The summed E-state index contributed by atoms with van der Waals surface area (Å²) in [6, 6.07) is 0.333. The summed E-state index contributed by atoms with van der Waals surface area (Å²) in [4.78, 5) is 0. The highest BCUT2D eigenvalue weighted by molar-refractivity contribution is 7.80. The Morgan fingerprint density at radius 3 is 1.57 bits per heavy atom. The molecule has 0 atom stereocenters. The van der Waals surface area contributed by atoms with E-state index in [2.05, 4.69) is 11.1 Å². The summed E-state index contributed by atoms with van der Waals surface area (Å²) in [5, 5.41) is 0. The number of nitrogens with two attached hydrogens (primary N) is 1. The van der Waals surface area contributed by atoms with E-state index in [9.17, 15) is 8.42 Å². The Balaban J connectivity index is 0. The van der Waals surface area contributed by atoms with Gasteiger partial charge >= 0.3 is 10.4 Å². The van der Waals surface area contributed by atoms with E-state index in [4.69, 9.17) is 10.3 Å². The van der Waals surface area contributed by atoms with Crippen molar-refractivity contribution in [2.45, 2.75) is 91.0 Å². The van der Waals surface area contributed by atoms with Crippen molar-refractivity contribution in [1.82, 2.24) is 0 Å². The molecule has 0 unspecified atom stereocenters. The first-order valence-corrected chi connectivity index (χ1v) is 9.53. The normalized spacial score (nSPS) is 11.3. The van der Waals surface area contributed by atoms with Crippen LogP contribution in [0.4, 0.5) is 0 Å². The van der Waals surface area contributed by atoms with E-state index in [-0.39, 0.29) is 6.61 Å². The van der Waals surface area contributed by atoms with Crippen LogP contribution in [-0.4, -0.2) is 25.6 Å². The standard InChI is InChI=1S/C12H26O4S.C3H9N/c1-2-3-4-5-6-7-8-9-10-11-12-16-17(13,14)15;1-3(2)4/h2-12H2,1H3,(H,13,14,15);3H,4H2,1-2H3. The molecule has 0 fully saturated rings. The molecular weight excluding hydrogens is 290 g/mol. The molecule has 3 N–H and O–H groups in total. The molecule has 0 saturated heterocycles. The maximum Gasteiger partial charge on any atom is 0.397 e. The maximum atomic E-state index is 10.2. The molecule has 5 nitrogen and oxygen atoms in total. The van der Waals surface area contributed by atoms with Gasteiger partial charge in [-0.2, -0.15) is 8.42 Å². The highest BCUT2D eigenvalue weighted by Crippen LogP contribution is 2.10. The molecule has 0 aromatic heterocycles. The van der Waals surface area contributed by atoms with Crippen molar-refractivity contribution in [3.63, 3.8) is 0 Å². The third kappa shape index (κ3) is 33.0. The first-order valence-electron chi connectivity index (χ1n) is 8.17. The van der Waals surface area contributed by atoms with Crippen molar-refractivity contribution in [3.8, 4) is 0 Å². The molecule has 0 spiro atoms. The predicted molar refractivity (Wildman–Crippen MR) is 88.7 cm³/mol. The molecule has 0 aromatic carbocycles. The van der Waals surface area contributed by atoms with Gasteiger partial charge in [-0.25, -0.2) is 4.18 Å². The molecule has 6 heteroatoms. The van der Waals surface area contributed by atoms with Gasteiger partial charge in [-0.05, 0) is 12.5 Å². The van der Waals surface area contributed by atoms with Gasteiger partial charge in [0.05, 0.1) is 6.61 Å². The van der Waals surface area contributed by atoms with Gasteiger partial charge in [-0.15, -0.1) is 0 Å². The Labute approximate surface area is 131 Å². The molecule has 0 radical (unpaired) electrons. The van der Waals surface area contributed by atoms with Crippen LogP contribution in [0.5, 0.6) is 0 Å². The number of hydrogen-bond donors (Lipinski definition) is 2. The molecule has 0 aliphatic rings. The lowest BCUT2D eigenvalue weighted by Gasteiger charge is -2.02. The Bertz CT molecular complexity index is 289. The zero-order valence-corrected chi connectivity index (χ0v) is 14.8. The van der Waals surface area contributed by atoms with Crippen molar-refractivity contribution in [2.75, 3.05) is 6.61 Å². The van der Waals surface area contributed by atoms with Crippen LogP contribution in [0, 0.1) is 0 Å². The molecule has 0 bridgehead atoms. The monoisotopic (exact) mass is 325 g/mol. The fourth-order valence-electron chi connectivity index (χ4n) is 1.75. The van der Waals surface area contributed by atoms with Gasteiger partial charge in [0.25, 0.3) is 0 Å². The number of hydrogen-bond acceptors (Lipinski definition) is 4. The number of rotatable bonds is 12.